The van der Waals surface area contributed by atoms with Crippen molar-refractivity contribution in [2.24, 2.45) is 5.92 Å². The van der Waals surface area contributed by atoms with Crippen molar-refractivity contribution in [1.29, 1.82) is 0 Å². The largest absolute Gasteiger partial charge is 0.481 e. The van der Waals surface area contributed by atoms with E-state index in [0.29, 0.717) is 6.54 Å². The molecule has 0 amide bonds. The summed E-state index contributed by atoms with van der Waals surface area (Å²) in [5, 5.41) is 8.89. The Morgan fingerprint density at radius 3 is 2.80 bits per heavy atom. The van der Waals surface area contributed by atoms with Crippen LogP contribution in [-0.4, -0.2) is 34.3 Å². The second-order valence-corrected chi connectivity index (χ2v) is 3.99. The van der Waals surface area contributed by atoms with Crippen molar-refractivity contribution in [1.82, 2.24) is 4.90 Å². The molecule has 0 aromatic carbocycles. The van der Waals surface area contributed by atoms with Crippen LogP contribution in [0.4, 0.5) is 0 Å². The van der Waals surface area contributed by atoms with Crippen molar-refractivity contribution in [3.05, 3.63) is 11.8 Å². The van der Waals surface area contributed by atoms with Crippen molar-refractivity contribution in [3.8, 4) is 0 Å². The highest BCUT2D eigenvalue weighted by Crippen LogP contribution is 2.21. The van der Waals surface area contributed by atoms with Crippen LogP contribution < -0.4 is 0 Å². The van der Waals surface area contributed by atoms with Crippen molar-refractivity contribution in [2.75, 3.05) is 6.54 Å². The lowest BCUT2D eigenvalue weighted by atomic mass is 9.97. The quantitative estimate of drug-likeness (QED) is 0.714. The summed E-state index contributed by atoms with van der Waals surface area (Å²) in [5.41, 5.74) is 0.867. The van der Waals surface area contributed by atoms with Crippen LogP contribution in [0.5, 0.6) is 0 Å². The average molecular weight is 211 g/mol. The number of hydrogen-bond donors (Lipinski definition) is 1. The predicted octanol–water partition coefficient (Wildman–Crippen LogP) is 1.27. The monoisotopic (exact) mass is 211 g/mol. The Morgan fingerprint density at radius 1 is 1.73 bits per heavy atom. The van der Waals surface area contributed by atoms with Gasteiger partial charge in [0.25, 0.3) is 0 Å². The summed E-state index contributed by atoms with van der Waals surface area (Å²) in [5.74, 6) is -2.22. The fourth-order valence-corrected chi connectivity index (χ4v) is 1.77. The molecule has 2 unspecified atom stereocenters. The fraction of sp³-hybridized carbons (Fsp3) is 0.636. The van der Waals surface area contributed by atoms with Gasteiger partial charge in [-0.3, -0.25) is 9.59 Å². The first-order valence-electron chi connectivity index (χ1n) is 5.19. The molecule has 0 bridgehead atoms. The van der Waals surface area contributed by atoms with Crippen LogP contribution in [-0.2, 0) is 9.59 Å². The van der Waals surface area contributed by atoms with Crippen LogP contribution in [0.3, 0.4) is 0 Å². The number of hydrogen-bond acceptors (Lipinski definition) is 3. The van der Waals surface area contributed by atoms with Crippen molar-refractivity contribution in [2.45, 2.75) is 33.2 Å². The van der Waals surface area contributed by atoms with Crippen molar-refractivity contribution < 1.29 is 14.7 Å². The number of carbonyl (C=O) groups is 2. The van der Waals surface area contributed by atoms with Gasteiger partial charge in [-0.1, -0.05) is 6.92 Å². The van der Waals surface area contributed by atoms with E-state index in [-0.39, 0.29) is 11.8 Å². The van der Waals surface area contributed by atoms with E-state index in [4.69, 9.17) is 5.11 Å². The summed E-state index contributed by atoms with van der Waals surface area (Å²) in [6.07, 6.45) is 2.38. The zero-order chi connectivity index (χ0) is 11.6. The molecule has 0 aliphatic carbocycles. The van der Waals surface area contributed by atoms with E-state index in [0.717, 1.165) is 12.1 Å². The summed E-state index contributed by atoms with van der Waals surface area (Å²) in [7, 11) is 0. The van der Waals surface area contributed by atoms with Gasteiger partial charge in [-0.05, 0) is 20.3 Å². The normalized spacial score (nSPS) is 23.7. The van der Waals surface area contributed by atoms with Gasteiger partial charge in [-0.2, -0.15) is 0 Å². The molecule has 0 saturated heterocycles. The number of nitrogens with zero attached hydrogens (tertiary/aromatic N) is 1. The first-order valence-corrected chi connectivity index (χ1v) is 5.19. The lowest BCUT2D eigenvalue weighted by Crippen LogP contribution is -2.44. The van der Waals surface area contributed by atoms with Crippen LogP contribution in [0.1, 0.15) is 27.2 Å². The van der Waals surface area contributed by atoms with E-state index in [1.807, 2.05) is 25.7 Å². The van der Waals surface area contributed by atoms with E-state index in [1.165, 1.54) is 6.08 Å². The number of allylic oxidation sites excluding steroid dienone is 2. The molecular formula is C11H17NO3. The number of ketones is 1. The number of aliphatic carboxylic acids is 1. The molecule has 1 rings (SSSR count). The molecule has 4 nitrogen and oxygen atoms in total. The minimum atomic E-state index is -1.03. The lowest BCUT2D eigenvalue weighted by molar-refractivity contribution is -0.146. The van der Waals surface area contributed by atoms with Crippen LogP contribution in [0.25, 0.3) is 0 Å². The number of carboxylic acids is 1. The van der Waals surface area contributed by atoms with Gasteiger partial charge in [0.2, 0.25) is 0 Å². The molecule has 0 spiro atoms. The first kappa shape index (κ1) is 11.8. The van der Waals surface area contributed by atoms with Gasteiger partial charge in [-0.25, -0.2) is 0 Å². The number of carbonyl (C=O) groups excluding carboxylic acids is 1. The summed E-state index contributed by atoms with van der Waals surface area (Å²) in [4.78, 5) is 24.3. The number of rotatable bonds is 3. The van der Waals surface area contributed by atoms with Gasteiger partial charge in [0.1, 0.15) is 5.92 Å². The van der Waals surface area contributed by atoms with E-state index < -0.39 is 11.9 Å². The topological polar surface area (TPSA) is 57.6 Å². The molecule has 1 aliphatic heterocycles. The molecule has 84 valence electrons. The Bertz CT molecular complexity index is 309. The lowest BCUT2D eigenvalue weighted by Gasteiger charge is -2.35. The zero-order valence-corrected chi connectivity index (χ0v) is 9.36. The third-order valence-electron chi connectivity index (χ3n) is 2.95. The van der Waals surface area contributed by atoms with Crippen LogP contribution >= 0.6 is 0 Å². The van der Waals surface area contributed by atoms with Crippen molar-refractivity contribution in [3.63, 3.8) is 0 Å². The Kier molecular flexibility index (Phi) is 3.50. The van der Waals surface area contributed by atoms with Crippen LogP contribution in [0, 0.1) is 5.92 Å². The van der Waals surface area contributed by atoms with E-state index in [9.17, 15) is 9.59 Å². The Balaban J connectivity index is 2.90. The SMILES string of the molecule is CCC(C)N1CC(C(=O)O)C(=O)C=C1C. The smallest absolute Gasteiger partial charge is 0.316 e. The first-order chi connectivity index (χ1) is 6.97. The van der Waals surface area contributed by atoms with Gasteiger partial charge in [0.05, 0.1) is 0 Å². The Morgan fingerprint density at radius 2 is 2.33 bits per heavy atom. The summed E-state index contributed by atoms with van der Waals surface area (Å²) >= 11 is 0. The molecule has 0 aromatic heterocycles. The standard InChI is InChI=1S/C11H17NO3/c1-4-7(2)12-6-9(11(14)15)10(13)5-8(12)3/h5,7,9H,4,6H2,1-3H3,(H,14,15). The van der Waals surface area contributed by atoms with Crippen molar-refractivity contribution >= 4 is 11.8 Å². The molecule has 2 atom stereocenters. The third kappa shape index (κ3) is 2.37. The van der Waals surface area contributed by atoms with Gasteiger partial charge < -0.3 is 10.0 Å². The predicted molar refractivity (Wildman–Crippen MR) is 56.3 cm³/mol. The maximum absolute atomic E-state index is 11.4. The number of carboxylic acid groups (broad SMARTS) is 1. The maximum atomic E-state index is 11.4. The molecule has 1 heterocycles. The second kappa shape index (κ2) is 4.47. The molecule has 0 aromatic rings. The molecule has 1 aliphatic rings. The van der Waals surface area contributed by atoms with Gasteiger partial charge >= 0.3 is 5.97 Å². The van der Waals surface area contributed by atoms with E-state index >= 15 is 0 Å². The Hall–Kier alpha value is -1.32. The summed E-state index contributed by atoms with van der Waals surface area (Å²) < 4.78 is 0. The van der Waals surface area contributed by atoms with Gasteiger partial charge in [0, 0.05) is 24.4 Å². The highest BCUT2D eigenvalue weighted by molar-refractivity contribution is 6.05. The van der Waals surface area contributed by atoms with Gasteiger partial charge in [-0.15, -0.1) is 0 Å². The second-order valence-electron chi connectivity index (χ2n) is 3.99. The highest BCUT2D eigenvalue weighted by atomic mass is 16.4. The summed E-state index contributed by atoms with van der Waals surface area (Å²) in [6, 6.07) is 0.274. The molecule has 0 saturated carbocycles. The van der Waals surface area contributed by atoms with E-state index in [2.05, 4.69) is 0 Å². The fourth-order valence-electron chi connectivity index (χ4n) is 1.77. The molecule has 15 heavy (non-hydrogen) atoms. The maximum Gasteiger partial charge on any atom is 0.316 e. The zero-order valence-electron chi connectivity index (χ0n) is 9.36. The molecular weight excluding hydrogens is 194 g/mol. The molecule has 0 fully saturated rings. The van der Waals surface area contributed by atoms with E-state index in [1.54, 1.807) is 0 Å². The summed E-state index contributed by atoms with van der Waals surface area (Å²) in [6.45, 7) is 6.23. The van der Waals surface area contributed by atoms with Gasteiger partial charge in [0.15, 0.2) is 5.78 Å². The molecule has 0 radical (unpaired) electrons. The average Bonchev–Trinajstić information content (AvgIpc) is 2.16. The minimum Gasteiger partial charge on any atom is -0.481 e. The highest BCUT2D eigenvalue weighted by Gasteiger charge is 2.32. The minimum absolute atomic E-state index is 0.274. The van der Waals surface area contributed by atoms with Crippen LogP contribution in [0.2, 0.25) is 0 Å². The molecule has 1 N–H and O–H groups in total. The third-order valence-corrected chi connectivity index (χ3v) is 2.95. The molecule has 4 heteroatoms. The van der Waals surface area contributed by atoms with Crippen LogP contribution in [0.15, 0.2) is 11.8 Å². The Labute approximate surface area is 89.6 Å².